The standard InChI is InChI=1S/C12H18N2O4S/c1-9(8-13)14(2)19(16,17)11-7-5-4-6-10(11)12(15)18-3/h4-7,9H,8,13H2,1-3H3. The Morgan fingerprint density at radius 3 is 2.53 bits per heavy atom. The lowest BCUT2D eigenvalue weighted by molar-refractivity contribution is 0.0596. The zero-order valence-electron chi connectivity index (χ0n) is 11.2. The summed E-state index contributed by atoms with van der Waals surface area (Å²) in [6.45, 7) is 1.88. The van der Waals surface area contributed by atoms with Crippen LogP contribution in [0.3, 0.4) is 0 Å². The van der Waals surface area contributed by atoms with Crippen LogP contribution in [0.2, 0.25) is 0 Å². The van der Waals surface area contributed by atoms with E-state index in [2.05, 4.69) is 4.74 Å². The van der Waals surface area contributed by atoms with Crippen molar-refractivity contribution < 1.29 is 17.9 Å². The van der Waals surface area contributed by atoms with Crippen LogP contribution in [0.5, 0.6) is 0 Å². The van der Waals surface area contributed by atoms with E-state index in [1.165, 1.54) is 26.3 Å². The molecule has 0 saturated carbocycles. The van der Waals surface area contributed by atoms with E-state index in [9.17, 15) is 13.2 Å². The highest BCUT2D eigenvalue weighted by molar-refractivity contribution is 7.89. The number of methoxy groups -OCH3 is 1. The second-order valence-corrected chi connectivity index (χ2v) is 6.06. The first-order valence-electron chi connectivity index (χ1n) is 5.71. The fraction of sp³-hybridized carbons (Fsp3) is 0.417. The van der Waals surface area contributed by atoms with Gasteiger partial charge in [0.25, 0.3) is 0 Å². The van der Waals surface area contributed by atoms with Gasteiger partial charge in [0, 0.05) is 19.6 Å². The second kappa shape index (κ2) is 6.14. The Labute approximate surface area is 113 Å². The zero-order chi connectivity index (χ0) is 14.6. The van der Waals surface area contributed by atoms with Crippen molar-refractivity contribution in [3.05, 3.63) is 29.8 Å². The molecule has 0 fully saturated rings. The molecule has 0 aliphatic heterocycles. The molecule has 0 aliphatic carbocycles. The number of rotatable bonds is 5. The van der Waals surface area contributed by atoms with E-state index in [1.807, 2.05) is 0 Å². The molecule has 0 aromatic heterocycles. The minimum absolute atomic E-state index is 0.0149. The number of sulfonamides is 1. The minimum Gasteiger partial charge on any atom is -0.465 e. The summed E-state index contributed by atoms with van der Waals surface area (Å²) >= 11 is 0. The van der Waals surface area contributed by atoms with Gasteiger partial charge in [-0.1, -0.05) is 12.1 Å². The van der Waals surface area contributed by atoms with Crippen molar-refractivity contribution in [1.29, 1.82) is 0 Å². The summed E-state index contributed by atoms with van der Waals surface area (Å²) < 4.78 is 30.6. The Balaban J connectivity index is 3.33. The number of esters is 1. The fourth-order valence-electron chi connectivity index (χ4n) is 1.51. The number of nitrogens with two attached hydrogens (primary N) is 1. The predicted octanol–water partition coefficient (Wildman–Crippen LogP) is 0.441. The SMILES string of the molecule is COC(=O)c1ccccc1S(=O)(=O)N(C)C(C)CN. The summed E-state index contributed by atoms with van der Waals surface area (Å²) in [6, 6.07) is 5.56. The third kappa shape index (κ3) is 3.12. The van der Waals surface area contributed by atoms with E-state index < -0.39 is 16.0 Å². The molecule has 1 unspecified atom stereocenters. The van der Waals surface area contributed by atoms with Crippen LogP contribution in [0.1, 0.15) is 17.3 Å². The van der Waals surface area contributed by atoms with E-state index in [-0.39, 0.29) is 23.0 Å². The van der Waals surface area contributed by atoms with Crippen LogP contribution in [0.4, 0.5) is 0 Å². The van der Waals surface area contributed by atoms with Crippen LogP contribution in [0.25, 0.3) is 0 Å². The van der Waals surface area contributed by atoms with Crippen LogP contribution in [0, 0.1) is 0 Å². The highest BCUT2D eigenvalue weighted by atomic mass is 32.2. The Morgan fingerprint density at radius 1 is 1.42 bits per heavy atom. The van der Waals surface area contributed by atoms with Crippen LogP contribution in [0.15, 0.2) is 29.2 Å². The quantitative estimate of drug-likeness (QED) is 0.793. The molecule has 0 aliphatic rings. The number of benzene rings is 1. The second-order valence-electron chi connectivity index (χ2n) is 4.09. The Hall–Kier alpha value is -1.44. The highest BCUT2D eigenvalue weighted by Gasteiger charge is 2.29. The van der Waals surface area contributed by atoms with Gasteiger partial charge in [0.15, 0.2) is 0 Å². The molecule has 0 spiro atoms. The lowest BCUT2D eigenvalue weighted by Gasteiger charge is -2.23. The van der Waals surface area contributed by atoms with Crippen molar-refractivity contribution in [2.75, 3.05) is 20.7 Å². The molecule has 106 valence electrons. The smallest absolute Gasteiger partial charge is 0.339 e. The monoisotopic (exact) mass is 286 g/mol. The van der Waals surface area contributed by atoms with Crippen LogP contribution < -0.4 is 5.73 Å². The molecule has 7 heteroatoms. The first kappa shape index (κ1) is 15.6. The number of nitrogens with zero attached hydrogens (tertiary/aromatic N) is 1. The zero-order valence-corrected chi connectivity index (χ0v) is 12.0. The molecule has 0 saturated heterocycles. The number of hydrogen-bond donors (Lipinski definition) is 1. The van der Waals surface area contributed by atoms with Crippen LogP contribution in [-0.2, 0) is 14.8 Å². The van der Waals surface area contributed by atoms with Gasteiger partial charge in [-0.15, -0.1) is 0 Å². The Kier molecular flexibility index (Phi) is 5.04. The van der Waals surface area contributed by atoms with Gasteiger partial charge in [-0.05, 0) is 19.1 Å². The van der Waals surface area contributed by atoms with Crippen molar-refractivity contribution in [2.45, 2.75) is 17.9 Å². The van der Waals surface area contributed by atoms with Gasteiger partial charge in [0.1, 0.15) is 0 Å². The first-order valence-corrected chi connectivity index (χ1v) is 7.15. The molecular weight excluding hydrogens is 268 g/mol. The van der Waals surface area contributed by atoms with Gasteiger partial charge in [-0.25, -0.2) is 13.2 Å². The van der Waals surface area contributed by atoms with Crippen LogP contribution >= 0.6 is 0 Å². The van der Waals surface area contributed by atoms with Crippen LogP contribution in [-0.4, -0.2) is 45.4 Å². The number of carbonyl (C=O) groups excluding carboxylic acids is 1. The molecule has 1 aromatic rings. The third-order valence-electron chi connectivity index (χ3n) is 2.91. The molecule has 6 nitrogen and oxygen atoms in total. The normalized spacial score (nSPS) is 13.3. The maximum absolute atomic E-state index is 12.4. The summed E-state index contributed by atoms with van der Waals surface area (Å²) in [5.41, 5.74) is 5.49. The predicted molar refractivity (Wildman–Crippen MR) is 71.2 cm³/mol. The Morgan fingerprint density at radius 2 is 2.00 bits per heavy atom. The number of ether oxygens (including phenoxy) is 1. The molecule has 1 atom stereocenters. The van der Waals surface area contributed by atoms with E-state index in [0.29, 0.717) is 0 Å². The first-order chi connectivity index (χ1) is 8.86. The van der Waals surface area contributed by atoms with E-state index in [1.54, 1.807) is 19.1 Å². The van der Waals surface area contributed by atoms with Crippen molar-refractivity contribution >= 4 is 16.0 Å². The average molecular weight is 286 g/mol. The lowest BCUT2D eigenvalue weighted by Crippen LogP contribution is -2.40. The third-order valence-corrected chi connectivity index (χ3v) is 4.94. The summed E-state index contributed by atoms with van der Waals surface area (Å²) in [4.78, 5) is 11.5. The average Bonchev–Trinajstić information content (AvgIpc) is 2.44. The Bertz CT molecular complexity index is 557. The maximum Gasteiger partial charge on any atom is 0.339 e. The van der Waals surface area contributed by atoms with Gasteiger partial charge in [-0.2, -0.15) is 4.31 Å². The summed E-state index contributed by atoms with van der Waals surface area (Å²) in [6.07, 6.45) is 0. The van der Waals surface area contributed by atoms with Crippen molar-refractivity contribution in [2.24, 2.45) is 5.73 Å². The van der Waals surface area contributed by atoms with Gasteiger partial charge in [0.05, 0.1) is 17.6 Å². The molecule has 0 radical (unpaired) electrons. The molecule has 1 aromatic carbocycles. The molecule has 19 heavy (non-hydrogen) atoms. The number of hydrogen-bond acceptors (Lipinski definition) is 5. The lowest BCUT2D eigenvalue weighted by atomic mass is 10.2. The number of likely N-dealkylation sites (N-methyl/N-ethyl adjacent to an activating group) is 1. The molecule has 0 heterocycles. The highest BCUT2D eigenvalue weighted by Crippen LogP contribution is 2.21. The van der Waals surface area contributed by atoms with Gasteiger partial charge in [0.2, 0.25) is 10.0 Å². The number of carbonyl (C=O) groups is 1. The van der Waals surface area contributed by atoms with Crippen molar-refractivity contribution in [3.8, 4) is 0 Å². The van der Waals surface area contributed by atoms with Crippen molar-refractivity contribution in [3.63, 3.8) is 0 Å². The topological polar surface area (TPSA) is 89.7 Å². The largest absolute Gasteiger partial charge is 0.465 e. The molecule has 2 N–H and O–H groups in total. The minimum atomic E-state index is -3.78. The summed E-state index contributed by atoms with van der Waals surface area (Å²) in [7, 11) is -1.15. The summed E-state index contributed by atoms with van der Waals surface area (Å²) in [5.74, 6) is -0.687. The molecule has 0 bridgehead atoms. The molecule has 0 amide bonds. The molecule has 1 rings (SSSR count). The molecular formula is C12H18N2O4S. The summed E-state index contributed by atoms with van der Waals surface area (Å²) in [5, 5.41) is 0. The fourth-order valence-corrected chi connectivity index (χ4v) is 3.06. The van der Waals surface area contributed by atoms with Crippen molar-refractivity contribution in [1.82, 2.24) is 4.31 Å². The van der Waals surface area contributed by atoms with E-state index >= 15 is 0 Å². The van der Waals surface area contributed by atoms with Gasteiger partial charge >= 0.3 is 5.97 Å². The van der Waals surface area contributed by atoms with E-state index in [4.69, 9.17) is 5.73 Å². The van der Waals surface area contributed by atoms with E-state index in [0.717, 1.165) is 4.31 Å². The maximum atomic E-state index is 12.4. The van der Waals surface area contributed by atoms with Gasteiger partial charge < -0.3 is 10.5 Å². The van der Waals surface area contributed by atoms with Gasteiger partial charge in [-0.3, -0.25) is 0 Å².